The number of hydrogen-bond acceptors (Lipinski definition) is 2. The topological polar surface area (TPSA) is 23.6 Å². The van der Waals surface area contributed by atoms with Gasteiger partial charge in [-0.15, -0.1) is 11.6 Å². The SMILES string of the molecule is CC(C)N(C(=O)CCl)[C@H]1CCN(Cc2ccccc2)C1. The molecule has 1 aromatic rings. The van der Waals surface area contributed by atoms with Crippen LogP contribution in [0.25, 0.3) is 0 Å². The Morgan fingerprint density at radius 2 is 2.10 bits per heavy atom. The summed E-state index contributed by atoms with van der Waals surface area (Å²) in [6, 6.07) is 11.0. The third-order valence-electron chi connectivity index (χ3n) is 3.85. The molecule has 1 saturated heterocycles. The minimum atomic E-state index is 0.0493. The van der Waals surface area contributed by atoms with Gasteiger partial charge < -0.3 is 4.90 Å². The van der Waals surface area contributed by atoms with E-state index in [0.717, 1.165) is 26.1 Å². The maximum Gasteiger partial charge on any atom is 0.238 e. The van der Waals surface area contributed by atoms with E-state index in [4.69, 9.17) is 11.6 Å². The normalized spacial score (nSPS) is 19.5. The maximum absolute atomic E-state index is 12.0. The van der Waals surface area contributed by atoms with Crippen molar-refractivity contribution in [3.05, 3.63) is 35.9 Å². The van der Waals surface area contributed by atoms with E-state index in [9.17, 15) is 4.79 Å². The van der Waals surface area contributed by atoms with Crippen LogP contribution in [0.5, 0.6) is 0 Å². The predicted molar refractivity (Wildman–Crippen MR) is 82.8 cm³/mol. The monoisotopic (exact) mass is 294 g/mol. The molecule has 3 nitrogen and oxygen atoms in total. The molecule has 0 radical (unpaired) electrons. The molecule has 0 bridgehead atoms. The van der Waals surface area contributed by atoms with Gasteiger partial charge in [0.05, 0.1) is 0 Å². The molecular weight excluding hydrogens is 272 g/mol. The Balaban J connectivity index is 1.95. The van der Waals surface area contributed by atoms with Crippen LogP contribution in [0.15, 0.2) is 30.3 Å². The number of carbonyl (C=O) groups is 1. The smallest absolute Gasteiger partial charge is 0.238 e. The molecule has 1 amide bonds. The minimum absolute atomic E-state index is 0.0493. The van der Waals surface area contributed by atoms with Gasteiger partial charge in [0.15, 0.2) is 0 Å². The van der Waals surface area contributed by atoms with Crippen LogP contribution in [0.1, 0.15) is 25.8 Å². The summed E-state index contributed by atoms with van der Waals surface area (Å²) < 4.78 is 0. The van der Waals surface area contributed by atoms with Crippen LogP contribution in [0.2, 0.25) is 0 Å². The van der Waals surface area contributed by atoms with Crippen molar-refractivity contribution in [3.63, 3.8) is 0 Å². The lowest BCUT2D eigenvalue weighted by molar-refractivity contribution is -0.132. The number of benzene rings is 1. The van der Waals surface area contributed by atoms with E-state index < -0.39 is 0 Å². The summed E-state index contributed by atoms with van der Waals surface area (Å²) in [5.41, 5.74) is 1.33. The third-order valence-corrected chi connectivity index (χ3v) is 4.08. The Morgan fingerprint density at radius 1 is 1.40 bits per heavy atom. The molecule has 1 fully saturated rings. The summed E-state index contributed by atoms with van der Waals surface area (Å²) >= 11 is 5.73. The first-order chi connectivity index (χ1) is 9.61. The summed E-state index contributed by atoms with van der Waals surface area (Å²) in [7, 11) is 0. The van der Waals surface area contributed by atoms with Crippen molar-refractivity contribution >= 4 is 17.5 Å². The molecule has 0 saturated carbocycles. The second-order valence-electron chi connectivity index (χ2n) is 5.69. The van der Waals surface area contributed by atoms with E-state index in [2.05, 4.69) is 43.0 Å². The summed E-state index contributed by atoms with van der Waals surface area (Å²) in [5.74, 6) is 0.126. The Labute approximate surface area is 126 Å². The van der Waals surface area contributed by atoms with Crippen LogP contribution in [-0.4, -0.2) is 46.8 Å². The van der Waals surface area contributed by atoms with E-state index in [-0.39, 0.29) is 17.8 Å². The third kappa shape index (κ3) is 3.74. The first-order valence-electron chi connectivity index (χ1n) is 7.25. The van der Waals surface area contributed by atoms with Crippen LogP contribution in [0.3, 0.4) is 0 Å². The number of alkyl halides is 1. The second kappa shape index (κ2) is 7.09. The Kier molecular flexibility index (Phi) is 5.44. The number of hydrogen-bond donors (Lipinski definition) is 0. The van der Waals surface area contributed by atoms with Gasteiger partial charge in [0.2, 0.25) is 5.91 Å². The van der Waals surface area contributed by atoms with Crippen LogP contribution in [0.4, 0.5) is 0 Å². The van der Waals surface area contributed by atoms with E-state index in [1.165, 1.54) is 5.56 Å². The molecule has 0 N–H and O–H groups in total. The molecule has 0 spiro atoms. The van der Waals surface area contributed by atoms with Crippen molar-refractivity contribution < 1.29 is 4.79 Å². The first kappa shape index (κ1) is 15.3. The lowest BCUT2D eigenvalue weighted by atomic mass is 10.1. The molecule has 1 atom stereocenters. The average molecular weight is 295 g/mol. The summed E-state index contributed by atoms with van der Waals surface area (Å²) in [6.45, 7) is 7.06. The summed E-state index contributed by atoms with van der Waals surface area (Å²) in [4.78, 5) is 16.4. The predicted octanol–water partition coefficient (Wildman–Crippen LogP) is 2.74. The standard InChI is InChI=1S/C16H23ClN2O/c1-13(2)19(16(20)10-17)15-8-9-18(12-15)11-14-6-4-3-5-7-14/h3-7,13,15H,8-12H2,1-2H3/t15-/m0/s1. The fourth-order valence-corrected chi connectivity index (χ4v) is 3.14. The van der Waals surface area contributed by atoms with E-state index in [1.807, 2.05) is 11.0 Å². The highest BCUT2D eigenvalue weighted by molar-refractivity contribution is 6.27. The molecule has 1 heterocycles. The molecular formula is C16H23ClN2O. The van der Waals surface area contributed by atoms with Crippen LogP contribution < -0.4 is 0 Å². The number of rotatable bonds is 5. The lowest BCUT2D eigenvalue weighted by Crippen LogP contribution is -2.46. The number of amides is 1. The van der Waals surface area contributed by atoms with Crippen molar-refractivity contribution in [1.29, 1.82) is 0 Å². The number of likely N-dealkylation sites (tertiary alicyclic amines) is 1. The summed E-state index contributed by atoms with van der Waals surface area (Å²) in [6.07, 6.45) is 1.04. The highest BCUT2D eigenvalue weighted by Gasteiger charge is 2.31. The molecule has 20 heavy (non-hydrogen) atoms. The zero-order chi connectivity index (χ0) is 14.5. The first-order valence-corrected chi connectivity index (χ1v) is 7.78. The average Bonchev–Trinajstić information content (AvgIpc) is 2.87. The second-order valence-corrected chi connectivity index (χ2v) is 5.96. The Bertz CT molecular complexity index is 435. The molecule has 0 aromatic heterocycles. The van der Waals surface area contributed by atoms with Crippen molar-refractivity contribution in [1.82, 2.24) is 9.80 Å². The van der Waals surface area contributed by atoms with Crippen LogP contribution >= 0.6 is 11.6 Å². The molecule has 0 unspecified atom stereocenters. The molecule has 0 aliphatic carbocycles. The van der Waals surface area contributed by atoms with Gasteiger partial charge in [0, 0.05) is 31.7 Å². The number of halogens is 1. The highest BCUT2D eigenvalue weighted by Crippen LogP contribution is 2.20. The van der Waals surface area contributed by atoms with Gasteiger partial charge in [-0.1, -0.05) is 30.3 Å². The van der Waals surface area contributed by atoms with E-state index in [0.29, 0.717) is 6.04 Å². The van der Waals surface area contributed by atoms with Gasteiger partial charge in [-0.3, -0.25) is 9.69 Å². The number of carbonyl (C=O) groups excluding carboxylic acids is 1. The van der Waals surface area contributed by atoms with Gasteiger partial charge >= 0.3 is 0 Å². The quantitative estimate of drug-likeness (QED) is 0.780. The fourth-order valence-electron chi connectivity index (χ4n) is 3.01. The zero-order valence-electron chi connectivity index (χ0n) is 12.3. The molecule has 1 aliphatic heterocycles. The molecule has 1 aromatic carbocycles. The minimum Gasteiger partial charge on any atom is -0.335 e. The van der Waals surface area contributed by atoms with Gasteiger partial charge in [0.25, 0.3) is 0 Å². The van der Waals surface area contributed by atoms with E-state index in [1.54, 1.807) is 0 Å². The van der Waals surface area contributed by atoms with Gasteiger partial charge in [-0.25, -0.2) is 0 Å². The maximum atomic E-state index is 12.0. The largest absolute Gasteiger partial charge is 0.335 e. The van der Waals surface area contributed by atoms with Crippen molar-refractivity contribution in [2.45, 2.75) is 38.9 Å². The molecule has 110 valence electrons. The molecule has 4 heteroatoms. The van der Waals surface area contributed by atoms with Gasteiger partial charge in [-0.2, -0.15) is 0 Å². The fraction of sp³-hybridized carbons (Fsp3) is 0.562. The highest BCUT2D eigenvalue weighted by atomic mass is 35.5. The Hall–Kier alpha value is -1.06. The van der Waals surface area contributed by atoms with Gasteiger partial charge in [-0.05, 0) is 25.8 Å². The van der Waals surface area contributed by atoms with Crippen LogP contribution in [0, 0.1) is 0 Å². The lowest BCUT2D eigenvalue weighted by Gasteiger charge is -2.32. The van der Waals surface area contributed by atoms with Crippen molar-refractivity contribution in [3.8, 4) is 0 Å². The number of nitrogens with zero attached hydrogens (tertiary/aromatic N) is 2. The molecule has 2 rings (SSSR count). The van der Waals surface area contributed by atoms with Gasteiger partial charge in [0.1, 0.15) is 5.88 Å². The molecule has 1 aliphatic rings. The van der Waals surface area contributed by atoms with Crippen molar-refractivity contribution in [2.24, 2.45) is 0 Å². The van der Waals surface area contributed by atoms with Crippen LogP contribution in [-0.2, 0) is 11.3 Å². The Morgan fingerprint density at radius 3 is 2.70 bits per heavy atom. The van der Waals surface area contributed by atoms with Crippen molar-refractivity contribution in [2.75, 3.05) is 19.0 Å². The zero-order valence-corrected chi connectivity index (χ0v) is 13.0. The van der Waals surface area contributed by atoms with E-state index >= 15 is 0 Å². The summed E-state index contributed by atoms with van der Waals surface area (Å²) in [5, 5.41) is 0.